The van der Waals surface area contributed by atoms with Gasteiger partial charge in [-0.05, 0) is 18.2 Å². The van der Waals surface area contributed by atoms with Crippen molar-refractivity contribution < 1.29 is 9.21 Å². The summed E-state index contributed by atoms with van der Waals surface area (Å²) in [6, 6.07) is 16.8. The molecule has 0 unspecified atom stereocenters. The zero-order chi connectivity index (χ0) is 12.5. The maximum absolute atomic E-state index is 11.4. The molecule has 1 amide bonds. The normalized spacial score (nSPS) is 10.7. The van der Waals surface area contributed by atoms with Crippen LogP contribution in [0, 0.1) is 0 Å². The Labute approximate surface area is 104 Å². The maximum Gasteiger partial charge on any atom is 0.249 e. The third kappa shape index (κ3) is 1.66. The Bertz CT molecular complexity index is 695. The molecule has 3 aromatic rings. The number of carbonyl (C=O) groups is 1. The summed E-state index contributed by atoms with van der Waals surface area (Å²) in [6.07, 6.45) is 0. The number of hydrogen-bond acceptors (Lipinski definition) is 2. The fraction of sp³-hybridized carbons (Fsp3) is 0. The van der Waals surface area contributed by atoms with Gasteiger partial charge >= 0.3 is 0 Å². The predicted molar refractivity (Wildman–Crippen MR) is 70.2 cm³/mol. The molecule has 0 aliphatic carbocycles. The SMILES string of the molecule is NC(=O)c1ccccc1-c1cc2ccccc2o1. The lowest BCUT2D eigenvalue weighted by molar-refractivity contribution is 0.100. The fourth-order valence-corrected chi connectivity index (χ4v) is 2.03. The van der Waals surface area contributed by atoms with Gasteiger partial charge in [-0.15, -0.1) is 0 Å². The molecule has 0 bridgehead atoms. The molecule has 0 radical (unpaired) electrons. The minimum Gasteiger partial charge on any atom is -0.456 e. The van der Waals surface area contributed by atoms with Gasteiger partial charge in [-0.3, -0.25) is 4.79 Å². The van der Waals surface area contributed by atoms with E-state index in [1.54, 1.807) is 12.1 Å². The van der Waals surface area contributed by atoms with Crippen molar-refractivity contribution in [3.05, 3.63) is 60.2 Å². The first-order valence-electron chi connectivity index (χ1n) is 5.63. The van der Waals surface area contributed by atoms with E-state index in [0.717, 1.165) is 16.5 Å². The summed E-state index contributed by atoms with van der Waals surface area (Å²) in [4.78, 5) is 11.4. The number of furan rings is 1. The van der Waals surface area contributed by atoms with Crippen molar-refractivity contribution in [2.45, 2.75) is 0 Å². The van der Waals surface area contributed by atoms with Gasteiger partial charge in [-0.2, -0.15) is 0 Å². The van der Waals surface area contributed by atoms with Crippen molar-refractivity contribution >= 4 is 16.9 Å². The molecular formula is C15H11NO2. The second-order valence-electron chi connectivity index (χ2n) is 4.06. The number of nitrogens with two attached hydrogens (primary N) is 1. The first-order valence-corrected chi connectivity index (χ1v) is 5.63. The van der Waals surface area contributed by atoms with E-state index >= 15 is 0 Å². The van der Waals surface area contributed by atoms with E-state index in [-0.39, 0.29) is 0 Å². The molecule has 0 saturated carbocycles. The second-order valence-corrected chi connectivity index (χ2v) is 4.06. The molecule has 2 N–H and O–H groups in total. The Hall–Kier alpha value is -2.55. The van der Waals surface area contributed by atoms with Gasteiger partial charge in [-0.25, -0.2) is 0 Å². The van der Waals surface area contributed by atoms with E-state index in [1.807, 2.05) is 42.5 Å². The van der Waals surface area contributed by atoms with Crippen molar-refractivity contribution in [3.63, 3.8) is 0 Å². The van der Waals surface area contributed by atoms with Crippen LogP contribution >= 0.6 is 0 Å². The maximum atomic E-state index is 11.4. The average Bonchev–Trinajstić information content (AvgIpc) is 2.82. The summed E-state index contributed by atoms with van der Waals surface area (Å²) in [5.74, 6) is 0.205. The average molecular weight is 237 g/mol. The highest BCUT2D eigenvalue weighted by atomic mass is 16.3. The van der Waals surface area contributed by atoms with E-state index < -0.39 is 5.91 Å². The lowest BCUT2D eigenvalue weighted by atomic mass is 10.0. The van der Waals surface area contributed by atoms with Crippen molar-refractivity contribution in [2.75, 3.05) is 0 Å². The monoisotopic (exact) mass is 237 g/mol. The molecule has 1 heterocycles. The van der Waals surface area contributed by atoms with Crippen LogP contribution in [0.25, 0.3) is 22.3 Å². The Kier molecular flexibility index (Phi) is 2.38. The largest absolute Gasteiger partial charge is 0.456 e. The molecule has 3 nitrogen and oxygen atoms in total. The molecule has 0 saturated heterocycles. The summed E-state index contributed by atoms with van der Waals surface area (Å²) in [6.45, 7) is 0. The Morgan fingerprint density at radius 1 is 1.00 bits per heavy atom. The van der Waals surface area contributed by atoms with Crippen LogP contribution in [0.3, 0.4) is 0 Å². The molecule has 0 spiro atoms. The second kappa shape index (κ2) is 4.04. The molecule has 18 heavy (non-hydrogen) atoms. The number of primary amides is 1. The molecule has 0 atom stereocenters. The van der Waals surface area contributed by atoms with Crippen LogP contribution in [-0.4, -0.2) is 5.91 Å². The highest BCUT2D eigenvalue weighted by Gasteiger charge is 2.12. The zero-order valence-electron chi connectivity index (χ0n) is 9.59. The lowest BCUT2D eigenvalue weighted by Gasteiger charge is -2.02. The van der Waals surface area contributed by atoms with Crippen LogP contribution in [0.4, 0.5) is 0 Å². The summed E-state index contributed by atoms with van der Waals surface area (Å²) < 4.78 is 5.74. The summed E-state index contributed by atoms with van der Waals surface area (Å²) in [5, 5.41) is 1.01. The number of hydrogen-bond donors (Lipinski definition) is 1. The van der Waals surface area contributed by atoms with Gasteiger partial charge in [0.05, 0.1) is 5.56 Å². The standard InChI is InChI=1S/C15H11NO2/c16-15(17)12-7-3-2-6-11(12)14-9-10-5-1-4-8-13(10)18-14/h1-9H,(H2,16,17). The van der Waals surface area contributed by atoms with E-state index in [4.69, 9.17) is 10.2 Å². The number of para-hydroxylation sites is 1. The Morgan fingerprint density at radius 2 is 1.72 bits per heavy atom. The predicted octanol–water partition coefficient (Wildman–Crippen LogP) is 3.20. The van der Waals surface area contributed by atoms with Crippen molar-refractivity contribution in [2.24, 2.45) is 5.73 Å². The van der Waals surface area contributed by atoms with E-state index in [1.165, 1.54) is 0 Å². The van der Waals surface area contributed by atoms with Crippen LogP contribution in [0.1, 0.15) is 10.4 Å². The zero-order valence-corrected chi connectivity index (χ0v) is 9.59. The van der Waals surface area contributed by atoms with Crippen LogP contribution in [0.5, 0.6) is 0 Å². The smallest absolute Gasteiger partial charge is 0.249 e. The van der Waals surface area contributed by atoms with Crippen LogP contribution in [0.15, 0.2) is 59.0 Å². The van der Waals surface area contributed by atoms with Gasteiger partial charge in [0.25, 0.3) is 0 Å². The number of fused-ring (bicyclic) bond motifs is 1. The molecule has 3 heteroatoms. The molecule has 3 rings (SSSR count). The summed E-state index contributed by atoms with van der Waals surface area (Å²) >= 11 is 0. The van der Waals surface area contributed by atoms with Gasteiger partial charge in [-0.1, -0.05) is 36.4 Å². The van der Waals surface area contributed by atoms with Crippen molar-refractivity contribution in [3.8, 4) is 11.3 Å². The fourth-order valence-electron chi connectivity index (χ4n) is 2.03. The highest BCUT2D eigenvalue weighted by molar-refractivity contribution is 6.00. The minimum absolute atomic E-state index is 0.453. The van der Waals surface area contributed by atoms with Gasteiger partial charge in [0.15, 0.2) is 0 Å². The first kappa shape index (κ1) is 10.6. The van der Waals surface area contributed by atoms with Crippen LogP contribution in [0.2, 0.25) is 0 Å². The molecule has 1 aromatic heterocycles. The van der Waals surface area contributed by atoms with Gasteiger partial charge in [0, 0.05) is 10.9 Å². The van der Waals surface area contributed by atoms with E-state index in [0.29, 0.717) is 11.3 Å². The van der Waals surface area contributed by atoms with E-state index in [2.05, 4.69) is 0 Å². The van der Waals surface area contributed by atoms with Crippen molar-refractivity contribution in [1.82, 2.24) is 0 Å². The quantitative estimate of drug-likeness (QED) is 0.744. The summed E-state index contributed by atoms with van der Waals surface area (Å²) in [5.41, 5.74) is 7.36. The van der Waals surface area contributed by atoms with Crippen molar-refractivity contribution in [1.29, 1.82) is 0 Å². The number of carbonyl (C=O) groups excluding carboxylic acids is 1. The number of amides is 1. The third-order valence-corrected chi connectivity index (χ3v) is 2.88. The molecule has 0 fully saturated rings. The highest BCUT2D eigenvalue weighted by Crippen LogP contribution is 2.29. The Morgan fingerprint density at radius 3 is 2.50 bits per heavy atom. The van der Waals surface area contributed by atoms with Crippen LogP contribution in [-0.2, 0) is 0 Å². The molecule has 0 aliphatic heterocycles. The van der Waals surface area contributed by atoms with E-state index in [9.17, 15) is 4.79 Å². The molecular weight excluding hydrogens is 226 g/mol. The number of benzene rings is 2. The van der Waals surface area contributed by atoms with Crippen LogP contribution < -0.4 is 5.73 Å². The van der Waals surface area contributed by atoms with Gasteiger partial charge in [0.2, 0.25) is 5.91 Å². The Balaban J connectivity index is 2.23. The lowest BCUT2D eigenvalue weighted by Crippen LogP contribution is -2.11. The molecule has 88 valence electrons. The third-order valence-electron chi connectivity index (χ3n) is 2.88. The van der Waals surface area contributed by atoms with Gasteiger partial charge < -0.3 is 10.2 Å². The summed E-state index contributed by atoms with van der Waals surface area (Å²) in [7, 11) is 0. The van der Waals surface area contributed by atoms with Gasteiger partial charge in [0.1, 0.15) is 11.3 Å². The first-order chi connectivity index (χ1) is 8.75. The molecule has 2 aromatic carbocycles. The number of rotatable bonds is 2. The minimum atomic E-state index is -0.453. The molecule has 0 aliphatic rings. The topological polar surface area (TPSA) is 56.2 Å².